The summed E-state index contributed by atoms with van der Waals surface area (Å²) < 4.78 is 36.3. The Balaban J connectivity index is 1.77. The lowest BCUT2D eigenvalue weighted by Crippen LogP contribution is -2.37. The van der Waals surface area contributed by atoms with Crippen LogP contribution in [-0.2, 0) is 0 Å². The van der Waals surface area contributed by atoms with Gasteiger partial charge in [0.1, 0.15) is 0 Å². The molecule has 5 nitrogen and oxygen atoms in total. The predicted octanol–water partition coefficient (Wildman–Crippen LogP) is 5.11. The van der Waals surface area contributed by atoms with E-state index in [1.165, 1.54) is 19.2 Å². The lowest BCUT2D eigenvalue weighted by atomic mass is 9.94. The average Bonchev–Trinajstić information content (AvgIpc) is 3.36. The van der Waals surface area contributed by atoms with Gasteiger partial charge in [0, 0.05) is 18.2 Å². The number of carbonyl (C=O) groups excluding carboxylic acids is 1. The molecule has 1 unspecified atom stereocenters. The molecule has 3 aromatic rings. The second-order valence-electron chi connectivity index (χ2n) is 7.85. The maximum Gasteiger partial charge on any atom is 0.387 e. The van der Waals surface area contributed by atoms with Crippen LogP contribution in [0.1, 0.15) is 23.2 Å². The fourth-order valence-electron chi connectivity index (χ4n) is 4.16. The number of rotatable bonds is 8. The highest BCUT2D eigenvalue weighted by Crippen LogP contribution is 2.42. The fourth-order valence-corrected chi connectivity index (χ4v) is 4.16. The number of halogens is 2. The molecule has 0 radical (unpaired) electrons. The van der Waals surface area contributed by atoms with E-state index in [1.54, 1.807) is 0 Å². The van der Waals surface area contributed by atoms with Gasteiger partial charge in [-0.2, -0.15) is 8.78 Å². The van der Waals surface area contributed by atoms with Crippen LogP contribution in [0.5, 0.6) is 11.5 Å². The van der Waals surface area contributed by atoms with Crippen LogP contribution < -0.4 is 20.1 Å². The lowest BCUT2D eigenvalue weighted by molar-refractivity contribution is -0.0511. The molecule has 0 aliphatic carbocycles. The molecule has 1 saturated heterocycles. The van der Waals surface area contributed by atoms with Crippen molar-refractivity contribution < 1.29 is 23.0 Å². The zero-order chi connectivity index (χ0) is 23.2. The van der Waals surface area contributed by atoms with E-state index in [4.69, 9.17) is 4.74 Å². The standard InChI is InChI=1S/C26H26F2N2O3/c1-32-24-22(33-26(27)28)13-12-21(25(31)30-16-20-11-6-14-29-20)23(24)19-10-5-9-18(15-19)17-7-3-2-4-8-17/h2-5,7-10,12-13,15,20,26,29H,6,11,14,16H2,1H3,(H,30,31). The molecule has 1 fully saturated rings. The Bertz CT molecular complexity index is 1100. The van der Waals surface area contributed by atoms with Gasteiger partial charge in [-0.25, -0.2) is 0 Å². The van der Waals surface area contributed by atoms with Crippen LogP contribution >= 0.6 is 0 Å². The highest BCUT2D eigenvalue weighted by atomic mass is 19.3. The third-order valence-corrected chi connectivity index (χ3v) is 5.72. The summed E-state index contributed by atoms with van der Waals surface area (Å²) in [5.74, 6) is -0.334. The van der Waals surface area contributed by atoms with E-state index in [0.29, 0.717) is 23.2 Å². The molecular formula is C26H26F2N2O3. The Morgan fingerprint density at radius 2 is 1.82 bits per heavy atom. The highest BCUT2D eigenvalue weighted by Gasteiger charge is 2.24. The Hall–Kier alpha value is -3.45. The predicted molar refractivity (Wildman–Crippen MR) is 124 cm³/mol. The first-order valence-corrected chi connectivity index (χ1v) is 10.9. The number of amides is 1. The van der Waals surface area contributed by atoms with Crippen LogP contribution in [0.2, 0.25) is 0 Å². The molecular weight excluding hydrogens is 426 g/mol. The Kier molecular flexibility index (Phi) is 7.19. The van der Waals surface area contributed by atoms with Crippen LogP contribution in [0, 0.1) is 0 Å². The van der Waals surface area contributed by atoms with E-state index in [0.717, 1.165) is 30.5 Å². The van der Waals surface area contributed by atoms with Gasteiger partial charge in [0.25, 0.3) is 5.91 Å². The minimum atomic E-state index is -3.02. The number of benzene rings is 3. The number of ether oxygens (including phenoxy) is 2. The van der Waals surface area contributed by atoms with Gasteiger partial charge < -0.3 is 20.1 Å². The van der Waals surface area contributed by atoms with Crippen LogP contribution in [0.25, 0.3) is 22.3 Å². The molecule has 33 heavy (non-hydrogen) atoms. The van der Waals surface area contributed by atoms with Crippen molar-refractivity contribution in [3.63, 3.8) is 0 Å². The van der Waals surface area contributed by atoms with Crippen molar-refractivity contribution in [2.24, 2.45) is 0 Å². The second-order valence-corrected chi connectivity index (χ2v) is 7.85. The zero-order valence-electron chi connectivity index (χ0n) is 18.3. The molecule has 7 heteroatoms. The van der Waals surface area contributed by atoms with Crippen LogP contribution in [-0.4, -0.2) is 38.8 Å². The molecule has 1 atom stereocenters. The van der Waals surface area contributed by atoms with Crippen molar-refractivity contribution in [2.45, 2.75) is 25.5 Å². The summed E-state index contributed by atoms with van der Waals surface area (Å²) >= 11 is 0. The molecule has 4 rings (SSSR count). The number of methoxy groups -OCH3 is 1. The number of nitrogens with one attached hydrogen (secondary N) is 2. The second kappa shape index (κ2) is 10.4. The summed E-state index contributed by atoms with van der Waals surface area (Å²) in [4.78, 5) is 13.2. The van der Waals surface area contributed by atoms with Gasteiger partial charge in [-0.05, 0) is 54.3 Å². The first-order chi connectivity index (χ1) is 16.1. The summed E-state index contributed by atoms with van der Waals surface area (Å²) in [7, 11) is 1.38. The van der Waals surface area contributed by atoms with E-state index < -0.39 is 6.61 Å². The van der Waals surface area contributed by atoms with E-state index in [-0.39, 0.29) is 23.4 Å². The van der Waals surface area contributed by atoms with Crippen LogP contribution in [0.15, 0.2) is 66.7 Å². The van der Waals surface area contributed by atoms with E-state index >= 15 is 0 Å². The van der Waals surface area contributed by atoms with Gasteiger partial charge >= 0.3 is 6.61 Å². The lowest BCUT2D eigenvalue weighted by Gasteiger charge is -2.19. The smallest absolute Gasteiger partial charge is 0.387 e. The normalized spacial score (nSPS) is 15.5. The van der Waals surface area contributed by atoms with Crippen molar-refractivity contribution in [2.75, 3.05) is 20.2 Å². The van der Waals surface area contributed by atoms with Gasteiger partial charge in [-0.15, -0.1) is 0 Å². The number of carbonyl (C=O) groups is 1. The molecule has 0 spiro atoms. The first kappa shape index (κ1) is 22.7. The summed E-state index contributed by atoms with van der Waals surface area (Å²) in [6, 6.07) is 20.4. The maximum atomic E-state index is 13.2. The molecule has 0 saturated carbocycles. The van der Waals surface area contributed by atoms with Crippen molar-refractivity contribution >= 4 is 5.91 Å². The minimum absolute atomic E-state index is 0.0900. The van der Waals surface area contributed by atoms with Crippen molar-refractivity contribution in [3.8, 4) is 33.8 Å². The molecule has 1 heterocycles. The third-order valence-electron chi connectivity index (χ3n) is 5.72. The summed E-state index contributed by atoms with van der Waals surface area (Å²) in [6.45, 7) is -1.60. The molecule has 0 aromatic heterocycles. The molecule has 1 amide bonds. The van der Waals surface area contributed by atoms with Crippen LogP contribution in [0.3, 0.4) is 0 Å². The Morgan fingerprint density at radius 1 is 1.06 bits per heavy atom. The largest absolute Gasteiger partial charge is 0.492 e. The topological polar surface area (TPSA) is 59.6 Å². The van der Waals surface area contributed by atoms with Gasteiger partial charge in [0.15, 0.2) is 11.5 Å². The van der Waals surface area contributed by atoms with Gasteiger partial charge in [-0.1, -0.05) is 48.5 Å². The zero-order valence-corrected chi connectivity index (χ0v) is 18.3. The maximum absolute atomic E-state index is 13.2. The van der Waals surface area contributed by atoms with E-state index in [1.807, 2.05) is 54.6 Å². The summed E-state index contributed by atoms with van der Waals surface area (Å²) in [6.07, 6.45) is 2.07. The van der Waals surface area contributed by atoms with Crippen molar-refractivity contribution in [3.05, 3.63) is 72.3 Å². The molecule has 172 valence electrons. The number of alkyl halides is 2. The van der Waals surface area contributed by atoms with Crippen molar-refractivity contribution in [1.29, 1.82) is 0 Å². The van der Waals surface area contributed by atoms with Crippen LogP contribution in [0.4, 0.5) is 8.78 Å². The monoisotopic (exact) mass is 452 g/mol. The molecule has 2 N–H and O–H groups in total. The van der Waals surface area contributed by atoms with E-state index in [2.05, 4.69) is 15.4 Å². The summed E-state index contributed by atoms with van der Waals surface area (Å²) in [5, 5.41) is 6.31. The van der Waals surface area contributed by atoms with Gasteiger partial charge in [-0.3, -0.25) is 4.79 Å². The quantitative estimate of drug-likeness (QED) is 0.499. The van der Waals surface area contributed by atoms with Crippen molar-refractivity contribution in [1.82, 2.24) is 10.6 Å². The Morgan fingerprint density at radius 3 is 2.52 bits per heavy atom. The molecule has 3 aromatic carbocycles. The SMILES string of the molecule is COc1c(OC(F)F)ccc(C(=O)NCC2CCCN2)c1-c1cccc(-c2ccccc2)c1. The molecule has 1 aliphatic rings. The van der Waals surface area contributed by atoms with Gasteiger partial charge in [0.2, 0.25) is 0 Å². The Labute approximate surface area is 191 Å². The molecule has 0 bridgehead atoms. The third kappa shape index (κ3) is 5.31. The summed E-state index contributed by atoms with van der Waals surface area (Å²) in [5.41, 5.74) is 3.33. The average molecular weight is 453 g/mol. The minimum Gasteiger partial charge on any atom is -0.492 e. The molecule has 1 aliphatic heterocycles. The fraction of sp³-hybridized carbons (Fsp3) is 0.269. The van der Waals surface area contributed by atoms with E-state index in [9.17, 15) is 13.6 Å². The first-order valence-electron chi connectivity index (χ1n) is 10.9. The number of hydrogen-bond donors (Lipinski definition) is 2. The number of hydrogen-bond acceptors (Lipinski definition) is 4. The van der Waals surface area contributed by atoms with Gasteiger partial charge in [0.05, 0.1) is 12.7 Å². The highest BCUT2D eigenvalue weighted by molar-refractivity contribution is 6.03.